The highest BCUT2D eigenvalue weighted by Gasteiger charge is 2.24. The number of nitrogens with two attached hydrogens (primary N) is 1. The van der Waals surface area contributed by atoms with Crippen LogP contribution in [0.25, 0.3) is 0 Å². The van der Waals surface area contributed by atoms with Gasteiger partial charge in [-0.15, -0.1) is 0 Å². The van der Waals surface area contributed by atoms with E-state index < -0.39 is 0 Å². The Kier molecular flexibility index (Phi) is 3.21. The molecule has 0 aromatic carbocycles. The summed E-state index contributed by atoms with van der Waals surface area (Å²) in [5.41, 5.74) is 7.33. The second kappa shape index (κ2) is 4.62. The van der Waals surface area contributed by atoms with Crippen molar-refractivity contribution in [3.8, 4) is 5.88 Å². The molecule has 3 heteroatoms. The van der Waals surface area contributed by atoms with Gasteiger partial charge in [-0.2, -0.15) is 0 Å². The Morgan fingerprint density at radius 1 is 1.53 bits per heavy atom. The van der Waals surface area contributed by atoms with E-state index >= 15 is 0 Å². The smallest absolute Gasteiger partial charge is 0.212 e. The summed E-state index contributed by atoms with van der Waals surface area (Å²) in [5.74, 6) is 1.39. The van der Waals surface area contributed by atoms with Gasteiger partial charge in [0.05, 0.1) is 7.11 Å². The van der Waals surface area contributed by atoms with Gasteiger partial charge in [-0.1, -0.05) is 12.5 Å². The Balaban J connectivity index is 1.91. The molecule has 0 bridgehead atoms. The van der Waals surface area contributed by atoms with Gasteiger partial charge in [0.2, 0.25) is 5.88 Å². The summed E-state index contributed by atoms with van der Waals surface area (Å²) in [4.78, 5) is 4.18. The fourth-order valence-corrected chi connectivity index (χ4v) is 1.96. The molecule has 3 nitrogen and oxygen atoms in total. The predicted molar refractivity (Wildman–Crippen MR) is 59.8 cm³/mol. The summed E-state index contributed by atoms with van der Waals surface area (Å²) < 4.78 is 5.01. The van der Waals surface area contributed by atoms with Gasteiger partial charge in [0.1, 0.15) is 0 Å². The Hall–Kier alpha value is -1.09. The lowest BCUT2D eigenvalue weighted by Gasteiger charge is -2.31. The van der Waals surface area contributed by atoms with Crippen LogP contribution in [0.2, 0.25) is 0 Å². The Morgan fingerprint density at radius 2 is 2.33 bits per heavy atom. The van der Waals surface area contributed by atoms with E-state index in [9.17, 15) is 0 Å². The molecular weight excluding hydrogens is 188 g/mol. The highest BCUT2D eigenvalue weighted by atomic mass is 16.5. The molecule has 0 amide bonds. The van der Waals surface area contributed by atoms with Crippen LogP contribution in [0.1, 0.15) is 24.8 Å². The molecule has 0 aliphatic heterocycles. The minimum atomic E-state index is 0.300. The van der Waals surface area contributed by atoms with Gasteiger partial charge in [0.25, 0.3) is 0 Å². The molecular formula is C12H18N2O. The van der Waals surface area contributed by atoms with Gasteiger partial charge in [0.15, 0.2) is 0 Å². The number of methoxy groups -OCH3 is 1. The minimum absolute atomic E-state index is 0.300. The predicted octanol–water partition coefficient (Wildman–Crippen LogP) is 1.76. The van der Waals surface area contributed by atoms with E-state index in [1.54, 1.807) is 7.11 Å². The Bertz CT molecular complexity index is 306. The van der Waals surface area contributed by atoms with E-state index in [1.165, 1.54) is 24.8 Å². The molecule has 0 spiro atoms. The standard InChI is InChI=1S/C12H18N2O/c1-15-12-6-5-9(8-14-12)7-11(13)10-3-2-4-10/h5-6,8,10-11H,2-4,7,13H2,1H3. The molecule has 1 aromatic rings. The molecule has 1 atom stereocenters. The molecule has 1 aliphatic carbocycles. The molecule has 0 radical (unpaired) electrons. The lowest BCUT2D eigenvalue weighted by molar-refractivity contribution is 0.260. The first-order chi connectivity index (χ1) is 7.29. The Labute approximate surface area is 90.7 Å². The molecule has 2 N–H and O–H groups in total. The topological polar surface area (TPSA) is 48.1 Å². The molecule has 82 valence electrons. The summed E-state index contributed by atoms with van der Waals surface area (Å²) in [7, 11) is 1.63. The fourth-order valence-electron chi connectivity index (χ4n) is 1.96. The fraction of sp³-hybridized carbons (Fsp3) is 0.583. The van der Waals surface area contributed by atoms with Crippen LogP contribution < -0.4 is 10.5 Å². The first-order valence-corrected chi connectivity index (χ1v) is 5.54. The normalized spacial score (nSPS) is 18.3. The van der Waals surface area contributed by atoms with Crippen molar-refractivity contribution in [2.75, 3.05) is 7.11 Å². The van der Waals surface area contributed by atoms with Gasteiger partial charge in [-0.25, -0.2) is 4.98 Å². The van der Waals surface area contributed by atoms with Crippen LogP contribution in [-0.2, 0) is 6.42 Å². The summed E-state index contributed by atoms with van der Waals surface area (Å²) in [6.45, 7) is 0. The maximum absolute atomic E-state index is 6.12. The molecule has 1 fully saturated rings. The van der Waals surface area contributed by atoms with Gasteiger partial charge >= 0.3 is 0 Å². The van der Waals surface area contributed by atoms with Gasteiger partial charge in [-0.3, -0.25) is 0 Å². The monoisotopic (exact) mass is 206 g/mol. The van der Waals surface area contributed by atoms with Gasteiger partial charge in [0, 0.05) is 18.3 Å². The van der Waals surface area contributed by atoms with Crippen molar-refractivity contribution in [3.63, 3.8) is 0 Å². The van der Waals surface area contributed by atoms with Gasteiger partial charge in [-0.05, 0) is 30.7 Å². The first kappa shape index (κ1) is 10.4. The number of aromatic nitrogens is 1. The molecule has 0 saturated heterocycles. The first-order valence-electron chi connectivity index (χ1n) is 5.54. The third-order valence-corrected chi connectivity index (χ3v) is 3.23. The molecule has 1 aliphatic rings. The third-order valence-electron chi connectivity index (χ3n) is 3.23. The number of hydrogen-bond donors (Lipinski definition) is 1. The summed E-state index contributed by atoms with van der Waals surface area (Å²) in [5, 5.41) is 0. The number of rotatable bonds is 4. The maximum atomic E-state index is 6.12. The lowest BCUT2D eigenvalue weighted by Crippen LogP contribution is -2.36. The second-order valence-electron chi connectivity index (χ2n) is 4.27. The van der Waals surface area contributed by atoms with E-state index in [0.29, 0.717) is 11.9 Å². The minimum Gasteiger partial charge on any atom is -0.481 e. The van der Waals surface area contributed by atoms with E-state index in [-0.39, 0.29) is 0 Å². The highest BCUT2D eigenvalue weighted by Crippen LogP contribution is 2.29. The molecule has 1 heterocycles. The number of ether oxygens (including phenoxy) is 1. The van der Waals surface area contributed by atoms with Crippen LogP contribution in [0, 0.1) is 5.92 Å². The second-order valence-corrected chi connectivity index (χ2v) is 4.27. The van der Waals surface area contributed by atoms with Crippen LogP contribution in [0.5, 0.6) is 5.88 Å². The molecule has 1 unspecified atom stereocenters. The maximum Gasteiger partial charge on any atom is 0.212 e. The van der Waals surface area contributed by atoms with Crippen molar-refractivity contribution in [1.82, 2.24) is 4.98 Å². The highest BCUT2D eigenvalue weighted by molar-refractivity contribution is 5.18. The van der Waals surface area contributed by atoms with Crippen molar-refractivity contribution in [1.29, 1.82) is 0 Å². The zero-order valence-electron chi connectivity index (χ0n) is 9.15. The molecule has 1 aromatic heterocycles. The van der Waals surface area contributed by atoms with E-state index in [0.717, 1.165) is 12.3 Å². The Morgan fingerprint density at radius 3 is 2.80 bits per heavy atom. The van der Waals surface area contributed by atoms with Gasteiger partial charge < -0.3 is 10.5 Å². The SMILES string of the molecule is COc1ccc(CC(N)C2CCC2)cn1. The van der Waals surface area contributed by atoms with Crippen molar-refractivity contribution < 1.29 is 4.74 Å². The summed E-state index contributed by atoms with van der Waals surface area (Å²) in [6.07, 6.45) is 6.73. The molecule has 2 rings (SSSR count). The largest absolute Gasteiger partial charge is 0.481 e. The van der Waals surface area contributed by atoms with Crippen molar-refractivity contribution >= 4 is 0 Å². The van der Waals surface area contributed by atoms with Crippen LogP contribution in [0.4, 0.5) is 0 Å². The van der Waals surface area contributed by atoms with Crippen molar-refractivity contribution in [2.24, 2.45) is 11.7 Å². The zero-order chi connectivity index (χ0) is 10.7. The van der Waals surface area contributed by atoms with Crippen LogP contribution in [-0.4, -0.2) is 18.1 Å². The van der Waals surface area contributed by atoms with Crippen molar-refractivity contribution in [2.45, 2.75) is 31.7 Å². The quantitative estimate of drug-likeness (QED) is 0.816. The average Bonchev–Trinajstić information content (AvgIpc) is 2.16. The zero-order valence-corrected chi connectivity index (χ0v) is 9.15. The van der Waals surface area contributed by atoms with E-state index in [2.05, 4.69) is 4.98 Å². The number of hydrogen-bond acceptors (Lipinski definition) is 3. The van der Waals surface area contributed by atoms with E-state index in [4.69, 9.17) is 10.5 Å². The third kappa shape index (κ3) is 2.48. The number of pyridine rings is 1. The van der Waals surface area contributed by atoms with Crippen LogP contribution in [0.15, 0.2) is 18.3 Å². The lowest BCUT2D eigenvalue weighted by atomic mass is 9.78. The molecule has 15 heavy (non-hydrogen) atoms. The number of nitrogens with zero attached hydrogens (tertiary/aromatic N) is 1. The average molecular weight is 206 g/mol. The molecule has 1 saturated carbocycles. The van der Waals surface area contributed by atoms with Crippen LogP contribution in [0.3, 0.4) is 0 Å². The summed E-state index contributed by atoms with van der Waals surface area (Å²) in [6, 6.07) is 4.24. The van der Waals surface area contributed by atoms with E-state index in [1.807, 2.05) is 18.3 Å². The van der Waals surface area contributed by atoms with Crippen molar-refractivity contribution in [3.05, 3.63) is 23.9 Å². The van der Waals surface area contributed by atoms with Crippen LogP contribution >= 0.6 is 0 Å². The summed E-state index contributed by atoms with van der Waals surface area (Å²) >= 11 is 0.